The number of amides is 1. The van der Waals surface area contributed by atoms with Gasteiger partial charge in [0.2, 0.25) is 5.91 Å². The Bertz CT molecular complexity index is 1220. The third kappa shape index (κ3) is 6.17. The first-order chi connectivity index (χ1) is 16.8. The minimum absolute atomic E-state index is 0.0988. The van der Waals surface area contributed by atoms with Gasteiger partial charge in [0.05, 0.1) is 22.6 Å². The summed E-state index contributed by atoms with van der Waals surface area (Å²) in [5.74, 6) is 0.753. The number of nitrogens with zero attached hydrogens (tertiary/aromatic N) is 4. The Hall–Kier alpha value is -2.99. The fourth-order valence-electron chi connectivity index (χ4n) is 4.46. The number of carbonyl (C=O) groups excluding carboxylic acids is 1. The number of aryl methyl sites for hydroxylation is 2. The smallest absolute Gasteiger partial charge is 0.266 e. The van der Waals surface area contributed by atoms with Crippen molar-refractivity contribution in [1.29, 1.82) is 0 Å². The van der Waals surface area contributed by atoms with Crippen molar-refractivity contribution in [2.75, 3.05) is 27.2 Å². The number of hydrogen-bond donors (Lipinski definition) is 0. The third-order valence-corrected chi connectivity index (χ3v) is 6.71. The fraction of sp³-hybridized carbons (Fsp3) is 0.483. The van der Waals surface area contributed by atoms with Crippen molar-refractivity contribution < 1.29 is 4.79 Å². The predicted molar refractivity (Wildman–Crippen MR) is 144 cm³/mol. The second-order valence-corrected chi connectivity index (χ2v) is 9.67. The van der Waals surface area contributed by atoms with Crippen LogP contribution in [0.3, 0.4) is 0 Å². The van der Waals surface area contributed by atoms with Gasteiger partial charge < -0.3 is 9.80 Å². The van der Waals surface area contributed by atoms with Crippen LogP contribution in [0.5, 0.6) is 0 Å². The fourth-order valence-corrected chi connectivity index (χ4v) is 4.46. The lowest BCUT2D eigenvalue weighted by Crippen LogP contribution is -2.41. The molecule has 2 aromatic carbocycles. The molecule has 3 rings (SSSR count). The molecule has 6 nitrogen and oxygen atoms in total. The van der Waals surface area contributed by atoms with Gasteiger partial charge in [0.25, 0.3) is 5.56 Å². The first-order valence-corrected chi connectivity index (χ1v) is 12.8. The molecule has 1 aromatic heterocycles. The Labute approximate surface area is 209 Å². The summed E-state index contributed by atoms with van der Waals surface area (Å²) >= 11 is 0. The van der Waals surface area contributed by atoms with E-state index in [1.807, 2.05) is 61.5 Å². The zero-order valence-corrected chi connectivity index (χ0v) is 22.2. The Morgan fingerprint density at radius 3 is 2.40 bits per heavy atom. The monoisotopic (exact) mass is 476 g/mol. The van der Waals surface area contributed by atoms with Gasteiger partial charge in [0.1, 0.15) is 5.82 Å². The van der Waals surface area contributed by atoms with E-state index >= 15 is 0 Å². The number of benzene rings is 2. The maximum absolute atomic E-state index is 13.8. The number of fused-ring (bicyclic) bond motifs is 1. The van der Waals surface area contributed by atoms with Crippen LogP contribution in [-0.2, 0) is 4.79 Å². The summed E-state index contributed by atoms with van der Waals surface area (Å²) in [6.45, 7) is 9.66. The van der Waals surface area contributed by atoms with Crippen molar-refractivity contribution in [3.8, 4) is 5.69 Å². The van der Waals surface area contributed by atoms with Crippen molar-refractivity contribution in [2.24, 2.45) is 0 Å². The summed E-state index contributed by atoms with van der Waals surface area (Å²) in [5, 5.41) is 0.582. The average molecular weight is 477 g/mol. The van der Waals surface area contributed by atoms with Crippen LogP contribution in [0.15, 0.2) is 47.3 Å². The van der Waals surface area contributed by atoms with Crippen LogP contribution in [0.1, 0.15) is 68.9 Å². The van der Waals surface area contributed by atoms with Crippen molar-refractivity contribution in [3.63, 3.8) is 0 Å². The molecule has 0 aliphatic heterocycles. The van der Waals surface area contributed by atoms with Gasteiger partial charge in [-0.2, -0.15) is 0 Å². The molecule has 0 aliphatic carbocycles. The summed E-state index contributed by atoms with van der Waals surface area (Å²) < 4.78 is 1.73. The van der Waals surface area contributed by atoms with E-state index in [0.29, 0.717) is 36.1 Å². The predicted octanol–water partition coefficient (Wildman–Crippen LogP) is 5.42. The molecule has 1 unspecified atom stereocenters. The second-order valence-electron chi connectivity index (χ2n) is 9.67. The molecule has 0 fully saturated rings. The highest BCUT2D eigenvalue weighted by Crippen LogP contribution is 2.27. The van der Waals surface area contributed by atoms with Crippen molar-refractivity contribution in [2.45, 2.75) is 65.8 Å². The first-order valence-electron chi connectivity index (χ1n) is 12.8. The minimum atomic E-state index is -0.303. The molecular weight excluding hydrogens is 436 g/mol. The molecule has 0 aliphatic rings. The second kappa shape index (κ2) is 12.1. The van der Waals surface area contributed by atoms with Gasteiger partial charge in [-0.25, -0.2) is 4.98 Å². The van der Waals surface area contributed by atoms with E-state index in [2.05, 4.69) is 32.6 Å². The Kier molecular flexibility index (Phi) is 9.21. The largest absolute Gasteiger partial charge is 0.331 e. The van der Waals surface area contributed by atoms with E-state index in [0.717, 1.165) is 37.1 Å². The first kappa shape index (κ1) is 26.6. The van der Waals surface area contributed by atoms with Gasteiger partial charge >= 0.3 is 0 Å². The summed E-state index contributed by atoms with van der Waals surface area (Å²) in [6, 6.07) is 13.2. The van der Waals surface area contributed by atoms with Crippen LogP contribution >= 0.6 is 0 Å². The molecule has 0 saturated carbocycles. The third-order valence-electron chi connectivity index (χ3n) is 6.71. The van der Waals surface area contributed by atoms with E-state index in [1.165, 1.54) is 5.56 Å². The highest BCUT2D eigenvalue weighted by Gasteiger charge is 2.28. The molecule has 188 valence electrons. The quantitative estimate of drug-likeness (QED) is 0.347. The summed E-state index contributed by atoms with van der Waals surface area (Å²) in [4.78, 5) is 36.4. The molecule has 6 heteroatoms. The number of hydrogen-bond acceptors (Lipinski definition) is 4. The lowest BCUT2D eigenvalue weighted by atomic mass is 10.1. The molecule has 0 N–H and O–H groups in total. The van der Waals surface area contributed by atoms with Crippen molar-refractivity contribution in [1.82, 2.24) is 19.4 Å². The topological polar surface area (TPSA) is 58.4 Å². The normalized spacial score (nSPS) is 12.3. The molecule has 0 radical (unpaired) electrons. The standard InChI is InChI=1S/C29H40N4O2/c1-7-9-10-15-27(34)32(19-18-31(5)6)26(8-2)28-30-25-14-12-11-13-24(25)29(35)33(28)23-17-16-21(3)22(4)20-23/h11-14,16-17,20,26H,7-10,15,18-19H2,1-6H3. The zero-order valence-electron chi connectivity index (χ0n) is 22.2. The summed E-state index contributed by atoms with van der Waals surface area (Å²) in [5.41, 5.74) is 3.63. The van der Waals surface area contributed by atoms with Crippen LogP contribution < -0.4 is 5.56 Å². The molecule has 0 saturated heterocycles. The summed E-state index contributed by atoms with van der Waals surface area (Å²) in [6.07, 6.45) is 4.16. The summed E-state index contributed by atoms with van der Waals surface area (Å²) in [7, 11) is 4.03. The SMILES string of the molecule is CCCCCC(=O)N(CCN(C)C)C(CC)c1nc2ccccc2c(=O)n1-c1ccc(C)c(C)c1. The van der Waals surface area contributed by atoms with Gasteiger partial charge in [-0.3, -0.25) is 14.2 Å². The Balaban J connectivity index is 2.21. The van der Waals surface area contributed by atoms with Gasteiger partial charge in [0.15, 0.2) is 0 Å². The van der Waals surface area contributed by atoms with E-state index < -0.39 is 0 Å². The number of unbranched alkanes of at least 4 members (excludes halogenated alkanes) is 2. The number of para-hydroxylation sites is 1. The molecule has 0 spiro atoms. The number of likely N-dealkylation sites (N-methyl/N-ethyl adjacent to an activating group) is 1. The van der Waals surface area contributed by atoms with E-state index in [4.69, 9.17) is 4.98 Å². The molecular formula is C29H40N4O2. The maximum Gasteiger partial charge on any atom is 0.266 e. The zero-order chi connectivity index (χ0) is 25.5. The van der Waals surface area contributed by atoms with Gasteiger partial charge in [-0.15, -0.1) is 0 Å². The molecule has 35 heavy (non-hydrogen) atoms. The molecule has 1 amide bonds. The molecule has 0 bridgehead atoms. The van der Waals surface area contributed by atoms with Crippen LogP contribution in [-0.4, -0.2) is 52.4 Å². The van der Waals surface area contributed by atoms with Crippen molar-refractivity contribution in [3.05, 3.63) is 69.8 Å². The maximum atomic E-state index is 13.8. The van der Waals surface area contributed by atoms with Gasteiger partial charge in [-0.05, 0) is 76.2 Å². The number of aromatic nitrogens is 2. The molecule has 1 atom stereocenters. The van der Waals surface area contributed by atoms with E-state index in [9.17, 15) is 9.59 Å². The number of rotatable bonds is 11. The molecule has 3 aromatic rings. The average Bonchev–Trinajstić information content (AvgIpc) is 2.83. The lowest BCUT2D eigenvalue weighted by molar-refractivity contribution is -0.134. The van der Waals surface area contributed by atoms with Gasteiger partial charge in [-0.1, -0.05) is 44.9 Å². The van der Waals surface area contributed by atoms with Crippen LogP contribution in [0, 0.1) is 13.8 Å². The minimum Gasteiger partial charge on any atom is -0.331 e. The van der Waals surface area contributed by atoms with Crippen molar-refractivity contribution >= 4 is 16.8 Å². The van der Waals surface area contributed by atoms with Crippen LogP contribution in [0.4, 0.5) is 0 Å². The highest BCUT2D eigenvalue weighted by molar-refractivity contribution is 5.79. The molecule has 1 heterocycles. The Morgan fingerprint density at radius 1 is 1.00 bits per heavy atom. The van der Waals surface area contributed by atoms with Gasteiger partial charge in [0, 0.05) is 19.5 Å². The number of carbonyl (C=O) groups is 1. The lowest BCUT2D eigenvalue weighted by Gasteiger charge is -2.33. The van der Waals surface area contributed by atoms with Crippen LogP contribution in [0.25, 0.3) is 16.6 Å². The van der Waals surface area contributed by atoms with E-state index in [1.54, 1.807) is 4.57 Å². The highest BCUT2D eigenvalue weighted by atomic mass is 16.2. The van der Waals surface area contributed by atoms with E-state index in [-0.39, 0.29) is 17.5 Å². The Morgan fingerprint density at radius 2 is 1.74 bits per heavy atom. The van der Waals surface area contributed by atoms with Crippen LogP contribution in [0.2, 0.25) is 0 Å².